The Labute approximate surface area is 102 Å². The number of nitrogens with zero attached hydrogens (tertiary/aromatic N) is 1. The molecule has 3 rings (SSSR count). The maximum atomic E-state index is 5.91. The number of amidine groups is 1. The Hall–Kier alpha value is -1.35. The average Bonchev–Trinajstić information content (AvgIpc) is 2.81. The van der Waals surface area contributed by atoms with Crippen LogP contribution in [0.1, 0.15) is 28.4 Å². The van der Waals surface area contributed by atoms with Gasteiger partial charge in [-0.05, 0) is 37.0 Å². The summed E-state index contributed by atoms with van der Waals surface area (Å²) in [6, 6.07) is 4.50. The lowest BCUT2D eigenvalue weighted by atomic mass is 9.91. The minimum Gasteiger partial charge on any atom is -0.369 e. The SMILES string of the molecule is Cc1cc(C)c2c(c1)C(C1=NCCN1)OCC2. The number of nitrogens with one attached hydrogen (secondary N) is 1. The van der Waals surface area contributed by atoms with E-state index < -0.39 is 0 Å². The second-order valence-electron chi connectivity index (χ2n) is 4.84. The second kappa shape index (κ2) is 4.15. The van der Waals surface area contributed by atoms with Crippen LogP contribution in [0.25, 0.3) is 0 Å². The van der Waals surface area contributed by atoms with Crippen molar-refractivity contribution in [2.75, 3.05) is 19.7 Å². The van der Waals surface area contributed by atoms with E-state index in [1.54, 1.807) is 0 Å². The molecule has 3 nitrogen and oxygen atoms in total. The molecule has 1 N–H and O–H groups in total. The Bertz CT molecular complexity index is 479. The summed E-state index contributed by atoms with van der Waals surface area (Å²) >= 11 is 0. The van der Waals surface area contributed by atoms with E-state index in [1.807, 2.05) is 0 Å². The van der Waals surface area contributed by atoms with Gasteiger partial charge in [0.05, 0.1) is 13.2 Å². The molecule has 17 heavy (non-hydrogen) atoms. The van der Waals surface area contributed by atoms with Gasteiger partial charge in [0.2, 0.25) is 0 Å². The predicted molar refractivity (Wildman–Crippen MR) is 68.6 cm³/mol. The van der Waals surface area contributed by atoms with Crippen molar-refractivity contribution in [3.8, 4) is 0 Å². The molecule has 90 valence electrons. The summed E-state index contributed by atoms with van der Waals surface area (Å²) in [6.45, 7) is 6.94. The topological polar surface area (TPSA) is 33.6 Å². The van der Waals surface area contributed by atoms with Gasteiger partial charge in [-0.2, -0.15) is 0 Å². The van der Waals surface area contributed by atoms with Crippen LogP contribution in [0.4, 0.5) is 0 Å². The molecule has 0 saturated heterocycles. The summed E-state index contributed by atoms with van der Waals surface area (Å²) in [4.78, 5) is 4.50. The molecular weight excluding hydrogens is 212 g/mol. The Morgan fingerprint density at radius 1 is 1.35 bits per heavy atom. The summed E-state index contributed by atoms with van der Waals surface area (Å²) in [6.07, 6.45) is 1.05. The third-order valence-electron chi connectivity index (χ3n) is 3.52. The second-order valence-corrected chi connectivity index (χ2v) is 4.84. The number of aryl methyl sites for hydroxylation is 2. The molecule has 1 atom stereocenters. The molecule has 0 aliphatic carbocycles. The molecule has 1 aromatic carbocycles. The van der Waals surface area contributed by atoms with Crippen molar-refractivity contribution >= 4 is 5.84 Å². The largest absolute Gasteiger partial charge is 0.369 e. The Morgan fingerprint density at radius 3 is 3.00 bits per heavy atom. The summed E-state index contributed by atoms with van der Waals surface area (Å²) in [5, 5.41) is 3.33. The van der Waals surface area contributed by atoms with E-state index in [4.69, 9.17) is 4.74 Å². The van der Waals surface area contributed by atoms with Crippen molar-refractivity contribution in [3.63, 3.8) is 0 Å². The van der Waals surface area contributed by atoms with Gasteiger partial charge in [-0.3, -0.25) is 4.99 Å². The van der Waals surface area contributed by atoms with E-state index in [2.05, 4.69) is 36.3 Å². The van der Waals surface area contributed by atoms with Gasteiger partial charge in [0.25, 0.3) is 0 Å². The predicted octanol–water partition coefficient (Wildman–Crippen LogP) is 1.92. The van der Waals surface area contributed by atoms with Crippen molar-refractivity contribution in [2.24, 2.45) is 4.99 Å². The zero-order chi connectivity index (χ0) is 11.8. The first-order valence-electron chi connectivity index (χ1n) is 6.25. The van der Waals surface area contributed by atoms with Gasteiger partial charge in [-0.1, -0.05) is 17.7 Å². The number of aliphatic imine (C=N–C) groups is 1. The van der Waals surface area contributed by atoms with Gasteiger partial charge in [-0.15, -0.1) is 0 Å². The van der Waals surface area contributed by atoms with Crippen LogP contribution in [0, 0.1) is 13.8 Å². The molecule has 1 unspecified atom stereocenters. The first-order valence-corrected chi connectivity index (χ1v) is 6.25. The maximum absolute atomic E-state index is 5.91. The lowest BCUT2D eigenvalue weighted by molar-refractivity contribution is 0.0858. The van der Waals surface area contributed by atoms with Crippen molar-refractivity contribution in [3.05, 3.63) is 34.4 Å². The smallest absolute Gasteiger partial charge is 0.140 e. The van der Waals surface area contributed by atoms with Crippen LogP contribution in [0.3, 0.4) is 0 Å². The highest BCUT2D eigenvalue weighted by molar-refractivity contribution is 5.89. The van der Waals surface area contributed by atoms with E-state index in [9.17, 15) is 0 Å². The normalized spacial score (nSPS) is 22.9. The number of hydrogen-bond acceptors (Lipinski definition) is 3. The van der Waals surface area contributed by atoms with E-state index in [0.717, 1.165) is 32.0 Å². The number of hydrogen-bond donors (Lipinski definition) is 1. The van der Waals surface area contributed by atoms with E-state index in [0.29, 0.717) is 0 Å². The van der Waals surface area contributed by atoms with Gasteiger partial charge >= 0.3 is 0 Å². The lowest BCUT2D eigenvalue weighted by Crippen LogP contribution is -2.31. The van der Waals surface area contributed by atoms with E-state index in [-0.39, 0.29) is 6.10 Å². The minimum atomic E-state index is 0.0276. The van der Waals surface area contributed by atoms with Gasteiger partial charge in [0.15, 0.2) is 0 Å². The van der Waals surface area contributed by atoms with Crippen molar-refractivity contribution < 1.29 is 4.74 Å². The van der Waals surface area contributed by atoms with Crippen molar-refractivity contribution in [1.82, 2.24) is 5.32 Å². The van der Waals surface area contributed by atoms with Crippen LogP contribution in [0.15, 0.2) is 17.1 Å². The molecular formula is C14H18N2O. The van der Waals surface area contributed by atoms with Crippen LogP contribution in [-0.4, -0.2) is 25.5 Å². The van der Waals surface area contributed by atoms with Crippen LogP contribution in [0.2, 0.25) is 0 Å². The molecule has 2 heterocycles. The molecule has 3 heteroatoms. The summed E-state index contributed by atoms with van der Waals surface area (Å²) < 4.78 is 5.91. The van der Waals surface area contributed by atoms with Gasteiger partial charge in [0, 0.05) is 6.54 Å². The molecule has 0 spiro atoms. The van der Waals surface area contributed by atoms with Gasteiger partial charge in [0.1, 0.15) is 11.9 Å². The molecule has 0 bridgehead atoms. The van der Waals surface area contributed by atoms with Crippen LogP contribution >= 0.6 is 0 Å². The summed E-state index contributed by atoms with van der Waals surface area (Å²) in [5.74, 6) is 1.01. The first kappa shape index (κ1) is 10.8. The fraction of sp³-hybridized carbons (Fsp3) is 0.500. The van der Waals surface area contributed by atoms with Crippen LogP contribution in [0.5, 0.6) is 0 Å². The zero-order valence-corrected chi connectivity index (χ0v) is 10.4. The Morgan fingerprint density at radius 2 is 2.24 bits per heavy atom. The van der Waals surface area contributed by atoms with Crippen LogP contribution in [-0.2, 0) is 11.2 Å². The summed E-state index contributed by atoms with van der Waals surface area (Å²) in [5.41, 5.74) is 5.44. The highest BCUT2D eigenvalue weighted by Gasteiger charge is 2.28. The minimum absolute atomic E-state index is 0.0276. The Kier molecular flexibility index (Phi) is 2.63. The number of fused-ring (bicyclic) bond motifs is 1. The van der Waals surface area contributed by atoms with E-state index >= 15 is 0 Å². The highest BCUT2D eigenvalue weighted by atomic mass is 16.5. The highest BCUT2D eigenvalue weighted by Crippen LogP contribution is 2.31. The number of benzene rings is 1. The van der Waals surface area contributed by atoms with Gasteiger partial charge in [-0.25, -0.2) is 0 Å². The molecule has 0 fully saturated rings. The summed E-state index contributed by atoms with van der Waals surface area (Å²) in [7, 11) is 0. The van der Waals surface area contributed by atoms with Crippen molar-refractivity contribution in [2.45, 2.75) is 26.4 Å². The molecule has 2 aliphatic rings. The van der Waals surface area contributed by atoms with Crippen molar-refractivity contribution in [1.29, 1.82) is 0 Å². The first-order chi connectivity index (χ1) is 8.25. The number of ether oxygens (including phenoxy) is 1. The fourth-order valence-electron chi connectivity index (χ4n) is 2.79. The number of rotatable bonds is 1. The molecule has 1 aromatic rings. The van der Waals surface area contributed by atoms with Gasteiger partial charge < -0.3 is 10.1 Å². The van der Waals surface area contributed by atoms with Crippen LogP contribution < -0.4 is 5.32 Å². The zero-order valence-electron chi connectivity index (χ0n) is 10.4. The molecule has 0 saturated carbocycles. The lowest BCUT2D eigenvalue weighted by Gasteiger charge is -2.28. The molecule has 2 aliphatic heterocycles. The molecule has 0 aromatic heterocycles. The fourth-order valence-corrected chi connectivity index (χ4v) is 2.79. The maximum Gasteiger partial charge on any atom is 0.140 e. The molecule has 0 amide bonds. The molecule has 0 radical (unpaired) electrons. The monoisotopic (exact) mass is 230 g/mol. The third-order valence-corrected chi connectivity index (χ3v) is 3.52. The standard InChI is InChI=1S/C14H18N2O/c1-9-7-10(2)11-3-6-17-13(12(11)8-9)14-15-4-5-16-14/h7-8,13H,3-6H2,1-2H3,(H,15,16). The quantitative estimate of drug-likeness (QED) is 0.799. The van der Waals surface area contributed by atoms with E-state index in [1.165, 1.54) is 22.3 Å². The average molecular weight is 230 g/mol. The third kappa shape index (κ3) is 1.84. The Balaban J connectivity index is 2.06.